The zero-order valence-electron chi connectivity index (χ0n) is 11.9. The highest BCUT2D eigenvalue weighted by Gasteiger charge is 2.66. The fraction of sp³-hybridized carbons (Fsp3) is 0.867. The van der Waals surface area contributed by atoms with E-state index in [0.29, 0.717) is 11.8 Å². The Bertz CT molecular complexity index is 500. The minimum absolute atomic E-state index is 0.0268. The first-order valence-corrected chi connectivity index (χ1v) is 8.06. The number of hydrogen-bond donors (Lipinski definition) is 0. The Morgan fingerprint density at radius 1 is 1.16 bits per heavy atom. The van der Waals surface area contributed by atoms with Crippen LogP contribution in [0.15, 0.2) is 0 Å². The van der Waals surface area contributed by atoms with E-state index in [0.717, 1.165) is 29.5 Å². The van der Waals surface area contributed by atoms with Crippen molar-refractivity contribution in [1.29, 1.82) is 0 Å². The Hall–Kier alpha value is -0.570. The molecule has 0 aliphatic heterocycles. The van der Waals surface area contributed by atoms with Gasteiger partial charge in [0.05, 0.1) is 5.88 Å². The van der Waals surface area contributed by atoms with Gasteiger partial charge < -0.3 is 4.57 Å². The van der Waals surface area contributed by atoms with Crippen molar-refractivity contribution in [2.45, 2.75) is 57.4 Å². The van der Waals surface area contributed by atoms with Gasteiger partial charge in [-0.15, -0.1) is 21.8 Å². The fourth-order valence-corrected chi connectivity index (χ4v) is 5.21. The number of rotatable bonds is 2. The second kappa shape index (κ2) is 3.75. The summed E-state index contributed by atoms with van der Waals surface area (Å²) in [5.74, 6) is 7.05. The highest BCUT2D eigenvalue weighted by atomic mass is 35.5. The minimum Gasteiger partial charge on any atom is -0.308 e. The van der Waals surface area contributed by atoms with Crippen molar-refractivity contribution in [3.05, 3.63) is 11.6 Å². The van der Waals surface area contributed by atoms with Crippen LogP contribution in [0.3, 0.4) is 0 Å². The predicted molar refractivity (Wildman–Crippen MR) is 75.1 cm³/mol. The van der Waals surface area contributed by atoms with Gasteiger partial charge in [-0.05, 0) is 63.7 Å². The summed E-state index contributed by atoms with van der Waals surface area (Å²) in [6, 6.07) is 0. The highest BCUT2D eigenvalue weighted by molar-refractivity contribution is 6.16. The molecule has 4 atom stereocenters. The lowest BCUT2D eigenvalue weighted by atomic mass is 10.0. The molecule has 0 N–H and O–H groups in total. The van der Waals surface area contributed by atoms with E-state index >= 15 is 0 Å². The summed E-state index contributed by atoms with van der Waals surface area (Å²) < 4.78 is 2.31. The lowest BCUT2D eigenvalue weighted by Gasteiger charge is -2.25. The zero-order chi connectivity index (χ0) is 13.4. The minimum atomic E-state index is 0.0268. The highest BCUT2D eigenvalue weighted by Crippen LogP contribution is 2.72. The molecule has 0 amide bonds. The quantitative estimate of drug-likeness (QED) is 0.776. The topological polar surface area (TPSA) is 30.7 Å². The van der Waals surface area contributed by atoms with Crippen molar-refractivity contribution < 1.29 is 0 Å². The van der Waals surface area contributed by atoms with Crippen LogP contribution in [0.5, 0.6) is 0 Å². The molecular weight excluding hydrogens is 258 g/mol. The van der Waals surface area contributed by atoms with E-state index in [2.05, 4.69) is 35.5 Å². The van der Waals surface area contributed by atoms with Gasteiger partial charge >= 0.3 is 0 Å². The molecule has 4 rings (SSSR count). The number of alkyl halides is 1. The normalized spacial score (nSPS) is 39.7. The Kier molecular flexibility index (Phi) is 2.41. The van der Waals surface area contributed by atoms with E-state index in [1.807, 2.05) is 0 Å². The molecule has 3 saturated carbocycles. The summed E-state index contributed by atoms with van der Waals surface area (Å²) in [4.78, 5) is 0. The standard InChI is InChI=1S/C15H22ClN3/c1-15(2,3)19-10(7-16)17-18-14(19)13-11-8-4-5-9(6-8)12(11)13/h8-9,11-13H,4-7H2,1-3H3. The predicted octanol–water partition coefficient (Wildman–Crippen LogP) is 3.53. The van der Waals surface area contributed by atoms with Gasteiger partial charge in [0.15, 0.2) is 0 Å². The van der Waals surface area contributed by atoms with Crippen molar-refractivity contribution in [3.63, 3.8) is 0 Å². The van der Waals surface area contributed by atoms with Crippen LogP contribution in [0, 0.1) is 23.7 Å². The number of fused-ring (bicyclic) bond motifs is 5. The molecule has 19 heavy (non-hydrogen) atoms. The van der Waals surface area contributed by atoms with Crippen molar-refractivity contribution in [1.82, 2.24) is 14.8 Å². The van der Waals surface area contributed by atoms with Crippen molar-refractivity contribution in [2.24, 2.45) is 23.7 Å². The van der Waals surface area contributed by atoms with Gasteiger partial charge in [-0.25, -0.2) is 0 Å². The molecule has 0 spiro atoms. The Labute approximate surface area is 119 Å². The van der Waals surface area contributed by atoms with E-state index in [9.17, 15) is 0 Å². The van der Waals surface area contributed by atoms with Gasteiger partial charge in [-0.3, -0.25) is 0 Å². The second-order valence-electron chi connectivity index (χ2n) is 7.63. The average molecular weight is 280 g/mol. The number of hydrogen-bond acceptors (Lipinski definition) is 2. The SMILES string of the molecule is CC(C)(C)n1c(CCl)nnc1C1C2C3CCC(C3)C12. The van der Waals surface area contributed by atoms with Gasteiger partial charge in [-0.1, -0.05) is 0 Å². The molecule has 3 aliphatic rings. The third kappa shape index (κ3) is 1.57. The first kappa shape index (κ1) is 12.2. The summed E-state index contributed by atoms with van der Waals surface area (Å²) in [6.07, 6.45) is 4.39. The van der Waals surface area contributed by atoms with Crippen molar-refractivity contribution in [3.8, 4) is 0 Å². The van der Waals surface area contributed by atoms with E-state index in [-0.39, 0.29) is 5.54 Å². The van der Waals surface area contributed by atoms with Crippen LogP contribution in [0.1, 0.15) is 57.6 Å². The van der Waals surface area contributed by atoms with Gasteiger partial charge in [0, 0.05) is 11.5 Å². The lowest BCUT2D eigenvalue weighted by molar-refractivity contribution is 0.363. The zero-order valence-corrected chi connectivity index (χ0v) is 12.7. The van der Waals surface area contributed by atoms with Crippen molar-refractivity contribution >= 4 is 11.6 Å². The van der Waals surface area contributed by atoms with Crippen LogP contribution in [0.25, 0.3) is 0 Å². The van der Waals surface area contributed by atoms with E-state index in [4.69, 9.17) is 11.6 Å². The molecule has 3 fully saturated rings. The molecule has 4 heteroatoms. The maximum absolute atomic E-state index is 6.04. The largest absolute Gasteiger partial charge is 0.308 e. The fourth-order valence-electron chi connectivity index (χ4n) is 5.03. The maximum atomic E-state index is 6.04. The van der Waals surface area contributed by atoms with E-state index < -0.39 is 0 Å². The Morgan fingerprint density at radius 2 is 1.79 bits per heavy atom. The molecule has 1 heterocycles. The summed E-state index contributed by atoms with van der Waals surface area (Å²) in [5, 5.41) is 8.86. The van der Waals surface area contributed by atoms with Crippen molar-refractivity contribution in [2.75, 3.05) is 0 Å². The van der Waals surface area contributed by atoms with Crippen LogP contribution in [0.4, 0.5) is 0 Å². The second-order valence-corrected chi connectivity index (χ2v) is 7.90. The smallest absolute Gasteiger partial charge is 0.148 e. The summed E-state index contributed by atoms with van der Waals surface area (Å²) in [7, 11) is 0. The summed E-state index contributed by atoms with van der Waals surface area (Å²) in [6.45, 7) is 6.67. The molecule has 0 saturated heterocycles. The summed E-state index contributed by atoms with van der Waals surface area (Å²) in [5.41, 5.74) is 0.0268. The molecule has 4 unspecified atom stereocenters. The summed E-state index contributed by atoms with van der Waals surface area (Å²) >= 11 is 6.04. The number of nitrogens with zero attached hydrogens (tertiary/aromatic N) is 3. The number of aromatic nitrogens is 3. The third-order valence-electron chi connectivity index (χ3n) is 5.58. The monoisotopic (exact) mass is 279 g/mol. The maximum Gasteiger partial charge on any atom is 0.148 e. The molecule has 104 valence electrons. The van der Waals surface area contributed by atoms with Crippen LogP contribution in [-0.4, -0.2) is 14.8 Å². The molecule has 1 aromatic heterocycles. The molecule has 3 aliphatic carbocycles. The molecular formula is C15H22ClN3. The van der Waals surface area contributed by atoms with Crippen LogP contribution < -0.4 is 0 Å². The van der Waals surface area contributed by atoms with Gasteiger partial charge in [0.1, 0.15) is 11.6 Å². The van der Waals surface area contributed by atoms with Gasteiger partial charge in [-0.2, -0.15) is 0 Å². The Balaban J connectivity index is 1.72. The van der Waals surface area contributed by atoms with Gasteiger partial charge in [0.2, 0.25) is 0 Å². The molecule has 2 bridgehead atoms. The van der Waals surface area contributed by atoms with Crippen LogP contribution in [-0.2, 0) is 11.4 Å². The molecule has 0 aromatic carbocycles. The number of halogens is 1. The van der Waals surface area contributed by atoms with Gasteiger partial charge in [0.25, 0.3) is 0 Å². The Morgan fingerprint density at radius 3 is 2.32 bits per heavy atom. The first-order chi connectivity index (χ1) is 9.02. The average Bonchev–Trinajstić information content (AvgIpc) is 2.75. The molecule has 0 radical (unpaired) electrons. The van der Waals surface area contributed by atoms with E-state index in [1.54, 1.807) is 0 Å². The third-order valence-corrected chi connectivity index (χ3v) is 5.82. The molecule has 1 aromatic rings. The first-order valence-electron chi connectivity index (χ1n) is 7.53. The van der Waals surface area contributed by atoms with Crippen LogP contribution >= 0.6 is 11.6 Å². The van der Waals surface area contributed by atoms with E-state index in [1.165, 1.54) is 25.1 Å². The molecule has 3 nitrogen and oxygen atoms in total. The lowest BCUT2D eigenvalue weighted by Crippen LogP contribution is -2.26. The van der Waals surface area contributed by atoms with Crippen LogP contribution in [0.2, 0.25) is 0 Å².